The van der Waals surface area contributed by atoms with Gasteiger partial charge in [-0.05, 0) is 61.7 Å². The summed E-state index contributed by atoms with van der Waals surface area (Å²) in [5.41, 5.74) is 1.75. The molecular weight excluding hydrogens is 320 g/mol. The van der Waals surface area contributed by atoms with E-state index in [1.165, 1.54) is 5.57 Å². The molecule has 2 aliphatic carbocycles. The lowest BCUT2D eigenvalue weighted by Gasteiger charge is -2.28. The van der Waals surface area contributed by atoms with Gasteiger partial charge in [-0.2, -0.15) is 0 Å². The molecule has 0 saturated heterocycles. The second kappa shape index (κ2) is 9.53. The van der Waals surface area contributed by atoms with Crippen LogP contribution in [0.5, 0.6) is 0 Å². The van der Waals surface area contributed by atoms with Gasteiger partial charge in [0.25, 0.3) is 0 Å². The Labute approximate surface area is 158 Å². The molecule has 0 N–H and O–H groups in total. The van der Waals surface area contributed by atoms with Crippen LogP contribution in [0, 0.1) is 23.2 Å². The Balaban J connectivity index is 2.44. The number of carbonyl (C=O) groups is 2. The summed E-state index contributed by atoms with van der Waals surface area (Å²) < 4.78 is 0. The van der Waals surface area contributed by atoms with Crippen LogP contribution in [-0.4, -0.2) is 11.6 Å². The Kier molecular flexibility index (Phi) is 7.39. The molecule has 2 heteroatoms. The summed E-state index contributed by atoms with van der Waals surface area (Å²) in [4.78, 5) is 24.6. The molecule has 0 saturated carbocycles. The van der Waals surface area contributed by atoms with E-state index >= 15 is 0 Å². The van der Waals surface area contributed by atoms with Crippen LogP contribution >= 0.6 is 0 Å². The van der Waals surface area contributed by atoms with Crippen LogP contribution in [0.1, 0.15) is 65.2 Å². The summed E-state index contributed by atoms with van der Waals surface area (Å²) >= 11 is 0. The van der Waals surface area contributed by atoms with E-state index in [0.717, 1.165) is 56.9 Å². The number of hydrogen-bond donors (Lipinski definition) is 0. The van der Waals surface area contributed by atoms with E-state index in [4.69, 9.17) is 0 Å². The van der Waals surface area contributed by atoms with Gasteiger partial charge in [0.05, 0.1) is 0 Å². The van der Waals surface area contributed by atoms with Crippen molar-refractivity contribution in [2.24, 2.45) is 11.3 Å². The number of hydrogen-bond acceptors (Lipinski definition) is 2. The fourth-order valence-electron chi connectivity index (χ4n) is 3.96. The Bertz CT molecular complexity index is 690. The van der Waals surface area contributed by atoms with Crippen molar-refractivity contribution in [3.63, 3.8) is 0 Å². The average molecular weight is 351 g/mol. The Morgan fingerprint density at radius 2 is 1.96 bits per heavy atom. The smallest absolute Gasteiger partial charge is 0.232 e. The third-order valence-corrected chi connectivity index (χ3v) is 5.30. The quantitative estimate of drug-likeness (QED) is 0.250. The average Bonchev–Trinajstić information content (AvgIpc) is 2.93. The number of rotatable bonds is 8. The Morgan fingerprint density at radius 1 is 1.27 bits per heavy atom. The molecule has 1 spiro atoms. The van der Waals surface area contributed by atoms with Crippen molar-refractivity contribution in [2.75, 3.05) is 0 Å². The van der Waals surface area contributed by atoms with Gasteiger partial charge in [-0.3, -0.25) is 9.59 Å². The molecule has 138 valence electrons. The molecular formula is C24H30O2. The second-order valence-corrected chi connectivity index (χ2v) is 7.27. The maximum atomic E-state index is 13.0. The highest BCUT2D eigenvalue weighted by Crippen LogP contribution is 2.52. The van der Waals surface area contributed by atoms with E-state index in [9.17, 15) is 9.59 Å². The maximum Gasteiger partial charge on any atom is 0.232 e. The molecule has 0 radical (unpaired) electrons. The largest absolute Gasteiger partial charge is 0.290 e. The predicted octanol–water partition coefficient (Wildman–Crippen LogP) is 5.51. The minimum atomic E-state index is -0.299. The van der Waals surface area contributed by atoms with Crippen molar-refractivity contribution in [3.8, 4) is 11.8 Å². The fourth-order valence-corrected chi connectivity index (χ4v) is 3.96. The third-order valence-electron chi connectivity index (χ3n) is 5.30. The lowest BCUT2D eigenvalue weighted by molar-refractivity contribution is -0.111. The zero-order chi connectivity index (χ0) is 19.0. The summed E-state index contributed by atoms with van der Waals surface area (Å²) in [5, 5.41) is 0. The van der Waals surface area contributed by atoms with Crippen molar-refractivity contribution in [3.05, 3.63) is 48.1 Å². The van der Waals surface area contributed by atoms with Crippen LogP contribution in [-0.2, 0) is 9.59 Å². The number of allylic oxidation sites excluding steroid dienone is 7. The summed E-state index contributed by atoms with van der Waals surface area (Å²) in [7, 11) is 0. The lowest BCUT2D eigenvalue weighted by atomic mass is 9.75. The van der Waals surface area contributed by atoms with Gasteiger partial charge >= 0.3 is 0 Å². The summed E-state index contributed by atoms with van der Waals surface area (Å²) in [6, 6.07) is 0. The Morgan fingerprint density at radius 3 is 2.58 bits per heavy atom. The van der Waals surface area contributed by atoms with Gasteiger partial charge in [0.2, 0.25) is 5.78 Å². The van der Waals surface area contributed by atoms with Crippen molar-refractivity contribution >= 4 is 11.6 Å². The Hall–Kier alpha value is -2.14. The molecule has 0 fully saturated rings. The van der Waals surface area contributed by atoms with E-state index in [-0.39, 0.29) is 22.9 Å². The van der Waals surface area contributed by atoms with E-state index in [1.54, 1.807) is 12.2 Å². The minimum Gasteiger partial charge on any atom is -0.290 e. The third kappa shape index (κ3) is 4.52. The van der Waals surface area contributed by atoms with Gasteiger partial charge in [-0.25, -0.2) is 0 Å². The van der Waals surface area contributed by atoms with Crippen molar-refractivity contribution in [1.29, 1.82) is 0 Å². The van der Waals surface area contributed by atoms with Crippen LogP contribution in [0.3, 0.4) is 0 Å². The first-order chi connectivity index (χ1) is 12.6. The van der Waals surface area contributed by atoms with Gasteiger partial charge in [0.15, 0.2) is 5.78 Å². The van der Waals surface area contributed by atoms with Crippen LogP contribution in [0.15, 0.2) is 48.1 Å². The topological polar surface area (TPSA) is 34.1 Å². The lowest BCUT2D eigenvalue weighted by Crippen LogP contribution is -2.19. The number of unbranched alkanes of at least 4 members (excludes halogenated alkanes) is 3. The monoisotopic (exact) mass is 350 g/mol. The molecule has 0 heterocycles. The van der Waals surface area contributed by atoms with Crippen LogP contribution < -0.4 is 0 Å². The first kappa shape index (κ1) is 20.2. The molecule has 0 bridgehead atoms. The second-order valence-electron chi connectivity index (χ2n) is 7.27. The van der Waals surface area contributed by atoms with Gasteiger partial charge in [-0.15, -0.1) is 6.58 Å². The predicted molar refractivity (Wildman–Crippen MR) is 108 cm³/mol. The molecule has 0 aromatic heterocycles. The van der Waals surface area contributed by atoms with Crippen molar-refractivity contribution in [1.82, 2.24) is 0 Å². The highest BCUT2D eigenvalue weighted by molar-refractivity contribution is 6.10. The van der Waals surface area contributed by atoms with Crippen molar-refractivity contribution in [2.45, 2.75) is 65.2 Å². The number of carbonyl (C=O) groups excluding carboxylic acids is 2. The normalized spacial score (nSPS) is 20.4. The highest BCUT2D eigenvalue weighted by Gasteiger charge is 2.44. The summed E-state index contributed by atoms with van der Waals surface area (Å²) in [5.74, 6) is 6.06. The molecule has 2 nitrogen and oxygen atoms in total. The van der Waals surface area contributed by atoms with E-state index in [0.29, 0.717) is 0 Å². The van der Waals surface area contributed by atoms with Gasteiger partial charge in [0.1, 0.15) is 0 Å². The van der Waals surface area contributed by atoms with E-state index in [2.05, 4.69) is 32.3 Å². The SMILES string of the molecule is C=CCC1CC2(C=CC(=O)C=C2)C(CCCC)=C1C(=O)C#CCCCC. The van der Waals surface area contributed by atoms with Crippen LogP contribution in [0.4, 0.5) is 0 Å². The molecule has 0 aromatic carbocycles. The van der Waals surface area contributed by atoms with E-state index < -0.39 is 0 Å². The number of ketones is 2. The molecule has 26 heavy (non-hydrogen) atoms. The van der Waals surface area contributed by atoms with Gasteiger partial charge in [-0.1, -0.05) is 50.8 Å². The molecule has 2 rings (SSSR count). The van der Waals surface area contributed by atoms with Crippen molar-refractivity contribution < 1.29 is 9.59 Å². The van der Waals surface area contributed by atoms with Crippen LogP contribution in [0.25, 0.3) is 0 Å². The van der Waals surface area contributed by atoms with Gasteiger partial charge in [0, 0.05) is 17.4 Å². The highest BCUT2D eigenvalue weighted by atomic mass is 16.1. The summed E-state index contributed by atoms with van der Waals surface area (Å²) in [6.07, 6.45) is 16.7. The molecule has 0 amide bonds. The number of Topliss-reactive ketones (excluding diaryl/α,β-unsaturated/α-hetero) is 1. The first-order valence-corrected chi connectivity index (χ1v) is 9.88. The zero-order valence-corrected chi connectivity index (χ0v) is 16.1. The van der Waals surface area contributed by atoms with Crippen LogP contribution in [0.2, 0.25) is 0 Å². The van der Waals surface area contributed by atoms with Gasteiger partial charge < -0.3 is 0 Å². The summed E-state index contributed by atoms with van der Waals surface area (Å²) in [6.45, 7) is 8.16. The molecule has 0 aromatic rings. The zero-order valence-electron chi connectivity index (χ0n) is 16.1. The molecule has 1 atom stereocenters. The molecule has 1 unspecified atom stereocenters. The van der Waals surface area contributed by atoms with E-state index in [1.807, 2.05) is 18.2 Å². The molecule has 2 aliphatic rings. The minimum absolute atomic E-state index is 0.0184. The first-order valence-electron chi connectivity index (χ1n) is 9.88. The maximum absolute atomic E-state index is 13.0. The fraction of sp³-hybridized carbons (Fsp3) is 0.500. The standard InChI is InChI=1S/C24H30O2/c1-4-7-9-10-13-22(26)23-19(11-6-3)18-24(21(23)12-8-5-2)16-14-20(25)15-17-24/h6,14-17,19H,3-5,7-9,11-12,18H2,1-2H3. The molecule has 0 aliphatic heterocycles.